The van der Waals surface area contributed by atoms with Crippen LogP contribution in [0.2, 0.25) is 0 Å². The van der Waals surface area contributed by atoms with Crippen molar-refractivity contribution in [3.63, 3.8) is 0 Å². The standard InChI is InChI=1S/C66H46NO13S4.5Na/c1-37(2)46-20-13-21-47(38(3)4)61(46)67-65(68)53-35-55(79-62-48(39-15-7-5-8-16-39)22-14-23-49(62)40-17-9-6-10-18-40)59-50-19-11-12-24-57(50)81-64-56(36-54(66(67)69)58(53)60(59)64)80-63-51(41-25-29-43(30-26-41)82(70,71)72)33-45(84(76,77)78)34-52(63)42-27-31-44(32-28-42)83(73,74)75;;;;;/h7-13,15-38H,1-4H3,(H,70,71,72)(H,73,74,75)(H,76,77,78);;;;;/q-3;5*+1/p-2. The smallest absolute Gasteiger partial charge is 0.744 e. The van der Waals surface area contributed by atoms with E-state index in [0.717, 1.165) is 58.7 Å². The molecule has 0 aliphatic rings. The number of hydrogen-bond donors (Lipinski definition) is 1. The Morgan fingerprint density at radius 2 is 0.899 bits per heavy atom. The first-order valence-corrected chi connectivity index (χ1v) is 31.2. The molecule has 2 aromatic heterocycles. The van der Waals surface area contributed by atoms with E-state index >= 15 is 9.59 Å². The van der Waals surface area contributed by atoms with Gasteiger partial charge in [-0.25, -0.2) is 21.4 Å². The summed E-state index contributed by atoms with van der Waals surface area (Å²) in [6.45, 7) is 7.88. The molecule has 14 nitrogen and oxygen atoms in total. The maximum absolute atomic E-state index is 16.0. The van der Waals surface area contributed by atoms with Crippen molar-refractivity contribution < 1.29 is 196 Å². The van der Waals surface area contributed by atoms with Gasteiger partial charge in [0.15, 0.2) is 0 Å². The molecule has 12 aromatic rings. The van der Waals surface area contributed by atoms with Gasteiger partial charge in [0.05, 0.1) is 35.8 Å². The van der Waals surface area contributed by atoms with Crippen molar-refractivity contribution in [2.24, 2.45) is 0 Å². The number of aromatic nitrogens is 1. The van der Waals surface area contributed by atoms with Gasteiger partial charge in [-0.1, -0.05) is 88.4 Å². The summed E-state index contributed by atoms with van der Waals surface area (Å²) < 4.78 is 128. The fourth-order valence-electron chi connectivity index (χ4n) is 10.9. The summed E-state index contributed by atoms with van der Waals surface area (Å²) in [5, 5.41) is 1.96. The van der Waals surface area contributed by atoms with Crippen LogP contribution in [0.15, 0.2) is 200 Å². The van der Waals surface area contributed by atoms with E-state index in [-0.39, 0.29) is 215 Å². The van der Waals surface area contributed by atoms with Gasteiger partial charge in [0.25, 0.3) is 21.2 Å². The molecule has 0 fully saturated rings. The summed E-state index contributed by atoms with van der Waals surface area (Å²) in [6.07, 6.45) is 0. The number of nitrogens with zero attached hydrogens (tertiary/aromatic N) is 1. The van der Waals surface area contributed by atoms with E-state index in [1.165, 1.54) is 46.2 Å². The van der Waals surface area contributed by atoms with Crippen molar-refractivity contribution in [3.8, 4) is 73.2 Å². The zero-order valence-corrected chi connectivity index (χ0v) is 63.1. The zero-order chi connectivity index (χ0) is 59.1. The van der Waals surface area contributed by atoms with E-state index in [0.29, 0.717) is 48.1 Å². The molecule has 12 rings (SSSR count). The summed E-state index contributed by atoms with van der Waals surface area (Å²) in [5.41, 5.74) is 3.35. The Morgan fingerprint density at radius 3 is 1.35 bits per heavy atom. The number of benzene rings is 10. The molecule has 23 heteroatoms. The molecule has 2 heterocycles. The SMILES string of the molecule is CC(C)c1cccc(C(C)C)c1-n1c(=O)c2cc(Oc3c(-c4ccc(S(=O)(=O)[O-])cc4)cc(S(=O)(=O)O)cc3-c3ccc(S(=O)(=O)[O-])cc3)c3sc4ccccc4c4c(Oc5c(-c6cc[c-]cc6)c[c-]cc5-c5cc[c-]cc5)cc(c1=O)c2c34.[Na+].[Na+].[Na+].[Na+].[Na+]. The summed E-state index contributed by atoms with van der Waals surface area (Å²) in [5.74, 6) is 0.0926. The third-order valence-electron chi connectivity index (χ3n) is 14.8. The zero-order valence-electron chi connectivity index (χ0n) is 49.8. The van der Waals surface area contributed by atoms with Crippen molar-refractivity contribution in [3.05, 3.63) is 226 Å². The van der Waals surface area contributed by atoms with Crippen LogP contribution < -0.4 is 168 Å². The third-order valence-corrected chi connectivity index (χ3v) is 18.5. The molecule has 89 heavy (non-hydrogen) atoms. The van der Waals surface area contributed by atoms with Crippen molar-refractivity contribution >= 4 is 83.4 Å². The molecule has 10 aromatic carbocycles. The molecule has 0 bridgehead atoms. The normalized spacial score (nSPS) is 11.7. The first kappa shape index (κ1) is 72.6. The third kappa shape index (κ3) is 14.0. The van der Waals surface area contributed by atoms with Gasteiger partial charge in [-0.05, 0) is 88.7 Å². The number of rotatable bonds is 14. The Morgan fingerprint density at radius 1 is 0.472 bits per heavy atom. The summed E-state index contributed by atoms with van der Waals surface area (Å²) in [7, 11) is -15.1. The monoisotopic (exact) mass is 1300 g/mol. The molecule has 0 saturated heterocycles. The van der Waals surface area contributed by atoms with Gasteiger partial charge in [0.2, 0.25) is 0 Å². The Balaban J connectivity index is 0.00000226. The average molecular weight is 1300 g/mol. The second-order valence-corrected chi connectivity index (χ2v) is 25.8. The van der Waals surface area contributed by atoms with Crippen molar-refractivity contribution in [2.75, 3.05) is 0 Å². The van der Waals surface area contributed by atoms with E-state index in [4.69, 9.17) is 9.47 Å². The van der Waals surface area contributed by atoms with Crippen LogP contribution in [-0.4, -0.2) is 43.5 Å². The van der Waals surface area contributed by atoms with Gasteiger partial charge in [-0.3, -0.25) is 14.1 Å². The molecule has 1 N–H and O–H groups in total. The van der Waals surface area contributed by atoms with E-state index in [1.54, 1.807) is 30.3 Å². The maximum Gasteiger partial charge on any atom is 1.00 e. The molecule has 0 saturated carbocycles. The van der Waals surface area contributed by atoms with E-state index in [2.05, 4.69) is 18.2 Å². The van der Waals surface area contributed by atoms with E-state index in [1.807, 2.05) is 107 Å². The van der Waals surface area contributed by atoms with Crippen LogP contribution in [0.1, 0.15) is 50.7 Å². The second kappa shape index (κ2) is 28.8. The van der Waals surface area contributed by atoms with Gasteiger partial charge in [0, 0.05) is 43.1 Å². The van der Waals surface area contributed by atoms with Gasteiger partial charge in [0.1, 0.15) is 37.5 Å². The molecule has 0 amide bonds. The van der Waals surface area contributed by atoms with E-state index in [9.17, 15) is 38.9 Å². The van der Waals surface area contributed by atoms with Crippen LogP contribution in [0.3, 0.4) is 0 Å². The molecular weight excluding hydrogens is 1260 g/mol. The predicted octanol–water partition coefficient (Wildman–Crippen LogP) is -0.715. The predicted molar refractivity (Wildman–Crippen MR) is 323 cm³/mol. The minimum Gasteiger partial charge on any atom is -0.744 e. The Bertz CT molecular complexity index is 4970. The van der Waals surface area contributed by atoms with Crippen molar-refractivity contribution in [2.45, 2.75) is 54.2 Å². The molecular formula is C66H44NNa5O13S4. The van der Waals surface area contributed by atoms with Crippen LogP contribution in [0.25, 0.3) is 91.9 Å². The Kier molecular flexibility index (Phi) is 23.5. The van der Waals surface area contributed by atoms with Crippen LogP contribution in [0, 0.1) is 18.2 Å². The largest absolute Gasteiger partial charge is 1.00 e. The topological polar surface area (TPSA) is 226 Å². The molecule has 0 unspecified atom stereocenters. The fourth-order valence-corrected chi connectivity index (χ4v) is 13.5. The van der Waals surface area contributed by atoms with Gasteiger partial charge in [-0.15, -0.1) is 22.5 Å². The van der Waals surface area contributed by atoms with Gasteiger partial charge in [-0.2, -0.15) is 98.4 Å². The Hall–Kier alpha value is -3.85. The van der Waals surface area contributed by atoms with Gasteiger partial charge >= 0.3 is 148 Å². The van der Waals surface area contributed by atoms with Crippen molar-refractivity contribution in [1.29, 1.82) is 0 Å². The van der Waals surface area contributed by atoms with Crippen LogP contribution in [-0.2, 0) is 30.4 Å². The number of para-hydroxylation sites is 1. The molecule has 0 aliphatic carbocycles. The van der Waals surface area contributed by atoms with Crippen LogP contribution in [0.5, 0.6) is 23.0 Å². The van der Waals surface area contributed by atoms with Crippen molar-refractivity contribution in [1.82, 2.24) is 4.57 Å². The first-order valence-electron chi connectivity index (χ1n) is 26.1. The van der Waals surface area contributed by atoms with Crippen LogP contribution in [0.4, 0.5) is 0 Å². The number of ether oxygens (including phenoxy) is 2. The number of hydrogen-bond acceptors (Lipinski definition) is 13. The molecule has 0 aliphatic heterocycles. The second-order valence-electron chi connectivity index (χ2n) is 20.6. The Labute approximate surface area is 628 Å². The average Bonchev–Trinajstić information content (AvgIpc) is 0.701. The fraction of sp³-hybridized carbons (Fsp3) is 0.0909. The minimum absolute atomic E-state index is 0. The van der Waals surface area contributed by atoms with Crippen LogP contribution >= 0.6 is 11.3 Å². The summed E-state index contributed by atoms with van der Waals surface area (Å²) in [6, 6.07) is 55.3. The molecule has 0 atom stereocenters. The summed E-state index contributed by atoms with van der Waals surface area (Å²) >= 11 is 1.25. The number of fused-ring (bicyclic) bond motifs is 2. The minimum atomic E-state index is -5.09. The first-order chi connectivity index (χ1) is 40.1. The molecule has 0 radical (unpaired) electrons. The quantitative estimate of drug-likeness (QED) is 0.0468. The maximum atomic E-state index is 16.0. The summed E-state index contributed by atoms with van der Waals surface area (Å²) in [4.78, 5) is 30.1. The molecule has 420 valence electrons. The van der Waals surface area contributed by atoms with E-state index < -0.39 is 56.2 Å². The van der Waals surface area contributed by atoms with Gasteiger partial charge < -0.3 is 18.6 Å². The molecule has 0 spiro atoms. The number of pyridine rings is 1.